The Morgan fingerprint density at radius 3 is 2.56 bits per heavy atom. The third-order valence-electron chi connectivity index (χ3n) is 4.16. The number of nitrogens with one attached hydrogen (secondary N) is 3. The summed E-state index contributed by atoms with van der Waals surface area (Å²) >= 11 is 0. The second-order valence-corrected chi connectivity index (χ2v) is 6.02. The molecule has 0 saturated carbocycles. The summed E-state index contributed by atoms with van der Waals surface area (Å²) in [7, 11) is 3.43. The summed E-state index contributed by atoms with van der Waals surface area (Å²) in [4.78, 5) is 8.86. The number of hydrogen-bond acceptors (Lipinski definition) is 4. The van der Waals surface area contributed by atoms with Crippen molar-refractivity contribution in [2.45, 2.75) is 6.54 Å². The topological polar surface area (TPSA) is 70.6 Å². The molecular weight excluding hydrogens is 338 g/mol. The van der Waals surface area contributed by atoms with Gasteiger partial charge in [0.2, 0.25) is 0 Å². The molecule has 0 atom stereocenters. The lowest BCUT2D eigenvalue weighted by atomic mass is 10.2. The van der Waals surface area contributed by atoms with Crippen LogP contribution in [0.5, 0.6) is 5.75 Å². The fraction of sp³-hybridized carbons (Fsp3) is 0.238. The van der Waals surface area contributed by atoms with Gasteiger partial charge in [0.25, 0.3) is 0 Å². The Morgan fingerprint density at radius 2 is 1.78 bits per heavy atom. The first kappa shape index (κ1) is 18.5. The fourth-order valence-corrected chi connectivity index (χ4v) is 2.69. The normalized spacial score (nSPS) is 11.3. The number of para-hydroxylation sites is 1. The predicted octanol–water partition coefficient (Wildman–Crippen LogP) is 3.02. The second-order valence-electron chi connectivity index (χ2n) is 6.02. The molecule has 2 aromatic carbocycles. The summed E-state index contributed by atoms with van der Waals surface area (Å²) in [5.74, 6) is 2.49. The van der Waals surface area contributed by atoms with Gasteiger partial charge in [0.05, 0.1) is 12.6 Å². The molecule has 0 spiro atoms. The van der Waals surface area contributed by atoms with E-state index in [0.717, 1.165) is 47.1 Å². The Hall–Kier alpha value is -3.28. The number of hydrogen-bond donors (Lipinski definition) is 3. The van der Waals surface area contributed by atoms with Gasteiger partial charge in [-0.1, -0.05) is 30.3 Å². The molecule has 0 saturated heterocycles. The molecule has 0 unspecified atom stereocenters. The fourth-order valence-electron chi connectivity index (χ4n) is 2.69. The van der Waals surface area contributed by atoms with Crippen LogP contribution in [0.2, 0.25) is 0 Å². The van der Waals surface area contributed by atoms with Gasteiger partial charge in [-0.25, -0.2) is 4.98 Å². The summed E-state index contributed by atoms with van der Waals surface area (Å²) < 4.78 is 5.17. The maximum absolute atomic E-state index is 5.17. The summed E-state index contributed by atoms with van der Waals surface area (Å²) in [6.07, 6.45) is 0. The van der Waals surface area contributed by atoms with Crippen LogP contribution in [0.4, 0.5) is 5.82 Å². The highest BCUT2D eigenvalue weighted by Gasteiger charge is 2.00. The highest BCUT2D eigenvalue weighted by atomic mass is 16.5. The van der Waals surface area contributed by atoms with E-state index >= 15 is 0 Å². The van der Waals surface area contributed by atoms with Crippen molar-refractivity contribution in [1.82, 2.24) is 15.6 Å². The number of fused-ring (bicyclic) bond motifs is 1. The van der Waals surface area contributed by atoms with Gasteiger partial charge >= 0.3 is 0 Å². The van der Waals surface area contributed by atoms with E-state index in [2.05, 4.69) is 38.1 Å². The maximum Gasteiger partial charge on any atom is 0.191 e. The van der Waals surface area contributed by atoms with E-state index in [1.807, 2.05) is 48.5 Å². The average molecular weight is 363 g/mol. The summed E-state index contributed by atoms with van der Waals surface area (Å²) in [5.41, 5.74) is 2.16. The Balaban J connectivity index is 1.42. The van der Waals surface area contributed by atoms with Crippen molar-refractivity contribution >= 4 is 22.7 Å². The smallest absolute Gasteiger partial charge is 0.191 e. The van der Waals surface area contributed by atoms with Crippen LogP contribution in [-0.2, 0) is 6.54 Å². The Morgan fingerprint density at radius 1 is 0.963 bits per heavy atom. The third kappa shape index (κ3) is 5.34. The molecule has 0 bridgehead atoms. The first-order chi connectivity index (χ1) is 13.3. The number of rotatable bonds is 7. The molecule has 3 N–H and O–H groups in total. The van der Waals surface area contributed by atoms with E-state index in [1.165, 1.54) is 0 Å². The largest absolute Gasteiger partial charge is 0.497 e. The molecule has 0 fully saturated rings. The second kappa shape index (κ2) is 9.43. The van der Waals surface area contributed by atoms with Crippen molar-refractivity contribution < 1.29 is 4.74 Å². The van der Waals surface area contributed by atoms with E-state index in [0.29, 0.717) is 6.54 Å². The van der Waals surface area contributed by atoms with Crippen LogP contribution in [0.25, 0.3) is 10.9 Å². The van der Waals surface area contributed by atoms with Crippen LogP contribution in [0, 0.1) is 0 Å². The minimum atomic E-state index is 0.698. The van der Waals surface area contributed by atoms with Gasteiger partial charge < -0.3 is 20.7 Å². The van der Waals surface area contributed by atoms with Gasteiger partial charge in [0.15, 0.2) is 5.96 Å². The van der Waals surface area contributed by atoms with Crippen molar-refractivity contribution in [3.63, 3.8) is 0 Å². The van der Waals surface area contributed by atoms with Crippen LogP contribution < -0.4 is 20.7 Å². The maximum atomic E-state index is 5.17. The zero-order valence-corrected chi connectivity index (χ0v) is 15.7. The molecule has 0 aliphatic carbocycles. The molecule has 0 radical (unpaired) electrons. The zero-order valence-electron chi connectivity index (χ0n) is 15.7. The lowest BCUT2D eigenvalue weighted by Crippen LogP contribution is -2.39. The lowest BCUT2D eigenvalue weighted by molar-refractivity contribution is 0.414. The van der Waals surface area contributed by atoms with Crippen LogP contribution in [0.15, 0.2) is 65.7 Å². The molecule has 6 nitrogen and oxygen atoms in total. The highest BCUT2D eigenvalue weighted by Crippen LogP contribution is 2.14. The van der Waals surface area contributed by atoms with Crippen LogP contribution in [0.1, 0.15) is 5.56 Å². The van der Waals surface area contributed by atoms with Crippen LogP contribution in [-0.4, -0.2) is 38.2 Å². The first-order valence-corrected chi connectivity index (χ1v) is 8.95. The number of nitrogens with zero attached hydrogens (tertiary/aromatic N) is 2. The summed E-state index contributed by atoms with van der Waals surface area (Å²) in [5, 5.41) is 11.1. The number of guanidine groups is 1. The highest BCUT2D eigenvalue weighted by molar-refractivity contribution is 5.80. The summed E-state index contributed by atoms with van der Waals surface area (Å²) in [6, 6.07) is 20.1. The average Bonchev–Trinajstić information content (AvgIpc) is 2.73. The predicted molar refractivity (Wildman–Crippen MR) is 111 cm³/mol. The standard InChI is InChI=1S/C21H25N5O/c1-22-21(25-15-16-7-10-18(27-2)11-8-16)24-14-13-23-20-12-9-17-5-3-4-6-19(17)26-20/h3-12H,13-15H2,1-2H3,(H,23,26)(H2,22,24,25). The van der Waals surface area contributed by atoms with E-state index in [-0.39, 0.29) is 0 Å². The van der Waals surface area contributed by atoms with Crippen LogP contribution >= 0.6 is 0 Å². The third-order valence-corrected chi connectivity index (χ3v) is 4.16. The molecular formula is C21H25N5O. The molecule has 0 amide bonds. The minimum Gasteiger partial charge on any atom is -0.497 e. The lowest BCUT2D eigenvalue weighted by Gasteiger charge is -2.13. The molecule has 140 valence electrons. The molecule has 3 aromatic rings. The van der Waals surface area contributed by atoms with Gasteiger partial charge in [0, 0.05) is 32.1 Å². The molecule has 0 aliphatic rings. The zero-order chi connectivity index (χ0) is 18.9. The van der Waals surface area contributed by atoms with Crippen molar-refractivity contribution in [2.24, 2.45) is 4.99 Å². The molecule has 1 aromatic heterocycles. The molecule has 3 rings (SSSR count). The van der Waals surface area contributed by atoms with Crippen molar-refractivity contribution in [1.29, 1.82) is 0 Å². The number of benzene rings is 2. The number of pyridine rings is 1. The molecule has 0 aliphatic heterocycles. The quantitative estimate of drug-likeness (QED) is 0.342. The van der Waals surface area contributed by atoms with E-state index in [1.54, 1.807) is 14.2 Å². The van der Waals surface area contributed by atoms with Crippen molar-refractivity contribution in [2.75, 3.05) is 32.6 Å². The SMILES string of the molecule is CN=C(NCCNc1ccc2ccccc2n1)NCc1ccc(OC)cc1. The number of aromatic nitrogens is 1. The first-order valence-electron chi connectivity index (χ1n) is 8.95. The Labute approximate surface area is 159 Å². The van der Waals surface area contributed by atoms with Gasteiger partial charge in [-0.2, -0.15) is 0 Å². The number of aliphatic imine (C=N–C) groups is 1. The van der Waals surface area contributed by atoms with Gasteiger partial charge in [-0.15, -0.1) is 0 Å². The minimum absolute atomic E-state index is 0.698. The summed E-state index contributed by atoms with van der Waals surface area (Å²) in [6.45, 7) is 2.18. The van der Waals surface area contributed by atoms with Crippen molar-refractivity contribution in [3.05, 3.63) is 66.2 Å². The van der Waals surface area contributed by atoms with Crippen molar-refractivity contribution in [3.8, 4) is 5.75 Å². The number of ether oxygens (including phenoxy) is 1. The van der Waals surface area contributed by atoms with Gasteiger partial charge in [-0.05, 0) is 35.9 Å². The monoisotopic (exact) mass is 363 g/mol. The van der Waals surface area contributed by atoms with Gasteiger partial charge in [0.1, 0.15) is 11.6 Å². The van der Waals surface area contributed by atoms with Crippen LogP contribution in [0.3, 0.4) is 0 Å². The molecule has 1 heterocycles. The number of methoxy groups -OCH3 is 1. The Kier molecular flexibility index (Phi) is 6.46. The molecule has 27 heavy (non-hydrogen) atoms. The Bertz CT molecular complexity index is 892. The van der Waals surface area contributed by atoms with E-state index in [4.69, 9.17) is 4.74 Å². The van der Waals surface area contributed by atoms with E-state index < -0.39 is 0 Å². The van der Waals surface area contributed by atoms with E-state index in [9.17, 15) is 0 Å². The number of anilines is 1. The molecule has 6 heteroatoms. The van der Waals surface area contributed by atoms with Gasteiger partial charge in [-0.3, -0.25) is 4.99 Å².